The molecular weight excluding hydrogens is 274 g/mol. The molecule has 0 aliphatic heterocycles. The van der Waals surface area contributed by atoms with Crippen molar-refractivity contribution in [2.75, 3.05) is 28.4 Å². The molecule has 0 aromatic heterocycles. The van der Waals surface area contributed by atoms with Gasteiger partial charge in [-0.25, -0.2) is 0 Å². The summed E-state index contributed by atoms with van der Waals surface area (Å²) < 4.78 is 15.0. The van der Waals surface area contributed by atoms with Crippen molar-refractivity contribution in [1.29, 1.82) is 0 Å². The van der Waals surface area contributed by atoms with Crippen molar-refractivity contribution in [3.63, 3.8) is 0 Å². The molecule has 21 heavy (non-hydrogen) atoms. The van der Waals surface area contributed by atoms with Crippen LogP contribution in [-0.2, 0) is 9.53 Å². The summed E-state index contributed by atoms with van der Waals surface area (Å²) in [5, 5.41) is 13.5. The van der Waals surface area contributed by atoms with Crippen LogP contribution in [0.5, 0.6) is 11.5 Å². The predicted octanol–water partition coefficient (Wildman–Crippen LogP) is 1.28. The zero-order chi connectivity index (χ0) is 15.8. The van der Waals surface area contributed by atoms with Crippen molar-refractivity contribution in [3.05, 3.63) is 23.8 Å². The SMILES string of the molecule is CNC(CCC(=O)OC)C(O)c1ccc(OC)cc1OC. The molecule has 1 rings (SSSR count). The number of nitrogens with one attached hydrogen (secondary N) is 1. The smallest absolute Gasteiger partial charge is 0.305 e. The monoisotopic (exact) mass is 297 g/mol. The molecule has 0 aliphatic rings. The normalized spacial score (nSPS) is 13.4. The third-order valence-corrected chi connectivity index (χ3v) is 3.40. The van der Waals surface area contributed by atoms with Gasteiger partial charge in [-0.2, -0.15) is 0 Å². The van der Waals surface area contributed by atoms with Crippen LogP contribution in [0.3, 0.4) is 0 Å². The number of carbonyl (C=O) groups is 1. The summed E-state index contributed by atoms with van der Waals surface area (Å²) in [7, 11) is 6.19. The second-order valence-corrected chi connectivity index (χ2v) is 4.56. The average molecular weight is 297 g/mol. The molecule has 0 aliphatic carbocycles. The lowest BCUT2D eigenvalue weighted by Crippen LogP contribution is -2.33. The summed E-state index contributed by atoms with van der Waals surface area (Å²) in [5.41, 5.74) is 0.641. The first-order valence-electron chi connectivity index (χ1n) is 6.71. The molecule has 0 heterocycles. The van der Waals surface area contributed by atoms with E-state index < -0.39 is 6.10 Å². The quantitative estimate of drug-likeness (QED) is 0.704. The third kappa shape index (κ3) is 4.61. The maximum atomic E-state index is 11.2. The van der Waals surface area contributed by atoms with Gasteiger partial charge in [-0.05, 0) is 25.6 Å². The zero-order valence-corrected chi connectivity index (χ0v) is 12.9. The van der Waals surface area contributed by atoms with Crippen molar-refractivity contribution in [2.45, 2.75) is 25.0 Å². The van der Waals surface area contributed by atoms with Gasteiger partial charge in [0.2, 0.25) is 0 Å². The Hall–Kier alpha value is -1.79. The van der Waals surface area contributed by atoms with Crippen molar-refractivity contribution in [1.82, 2.24) is 5.32 Å². The summed E-state index contributed by atoms with van der Waals surface area (Å²) in [4.78, 5) is 11.2. The Bertz CT molecular complexity index is 463. The Morgan fingerprint density at radius 1 is 1.29 bits per heavy atom. The van der Waals surface area contributed by atoms with E-state index in [2.05, 4.69) is 10.1 Å². The van der Waals surface area contributed by atoms with Crippen molar-refractivity contribution >= 4 is 5.97 Å². The first-order valence-corrected chi connectivity index (χ1v) is 6.71. The number of aliphatic hydroxyl groups excluding tert-OH is 1. The highest BCUT2D eigenvalue weighted by Gasteiger charge is 2.23. The van der Waals surface area contributed by atoms with E-state index in [1.54, 1.807) is 32.4 Å². The van der Waals surface area contributed by atoms with Gasteiger partial charge in [-0.1, -0.05) is 0 Å². The largest absolute Gasteiger partial charge is 0.497 e. The fraction of sp³-hybridized carbons (Fsp3) is 0.533. The molecule has 6 nitrogen and oxygen atoms in total. The fourth-order valence-corrected chi connectivity index (χ4v) is 2.12. The Kier molecular flexibility index (Phi) is 6.98. The van der Waals surface area contributed by atoms with E-state index in [1.807, 2.05) is 0 Å². The van der Waals surface area contributed by atoms with E-state index >= 15 is 0 Å². The van der Waals surface area contributed by atoms with Gasteiger partial charge in [-0.3, -0.25) is 4.79 Å². The number of ether oxygens (including phenoxy) is 3. The maximum absolute atomic E-state index is 11.2. The van der Waals surface area contributed by atoms with E-state index in [9.17, 15) is 9.90 Å². The first-order chi connectivity index (χ1) is 10.1. The number of hydrogen-bond donors (Lipinski definition) is 2. The van der Waals surface area contributed by atoms with Gasteiger partial charge < -0.3 is 24.6 Å². The second kappa shape index (κ2) is 8.49. The topological polar surface area (TPSA) is 77.0 Å². The molecule has 118 valence electrons. The molecule has 0 saturated carbocycles. The molecule has 0 amide bonds. The lowest BCUT2D eigenvalue weighted by atomic mass is 9.97. The van der Waals surface area contributed by atoms with Gasteiger partial charge in [0, 0.05) is 24.1 Å². The van der Waals surface area contributed by atoms with Crippen LogP contribution in [0.15, 0.2) is 18.2 Å². The minimum atomic E-state index is -0.805. The number of benzene rings is 1. The van der Waals surface area contributed by atoms with Crippen LogP contribution < -0.4 is 14.8 Å². The summed E-state index contributed by atoms with van der Waals surface area (Å²) in [6, 6.07) is 4.94. The van der Waals surface area contributed by atoms with E-state index in [0.717, 1.165) is 0 Å². The minimum Gasteiger partial charge on any atom is -0.497 e. The molecule has 0 saturated heterocycles. The highest BCUT2D eigenvalue weighted by molar-refractivity contribution is 5.69. The fourth-order valence-electron chi connectivity index (χ4n) is 2.12. The molecule has 0 bridgehead atoms. The third-order valence-electron chi connectivity index (χ3n) is 3.40. The lowest BCUT2D eigenvalue weighted by Gasteiger charge is -2.24. The van der Waals surface area contributed by atoms with E-state index in [0.29, 0.717) is 23.5 Å². The number of aliphatic hydroxyl groups is 1. The van der Waals surface area contributed by atoms with Crippen LogP contribution >= 0.6 is 0 Å². The summed E-state index contributed by atoms with van der Waals surface area (Å²) in [6.45, 7) is 0. The number of esters is 1. The molecule has 1 aromatic carbocycles. The maximum Gasteiger partial charge on any atom is 0.305 e. The molecule has 2 atom stereocenters. The molecule has 1 aromatic rings. The predicted molar refractivity (Wildman–Crippen MR) is 78.6 cm³/mol. The van der Waals surface area contributed by atoms with Crippen molar-refractivity contribution < 1.29 is 24.1 Å². The van der Waals surface area contributed by atoms with Gasteiger partial charge >= 0.3 is 5.97 Å². The molecule has 0 fully saturated rings. The van der Waals surface area contributed by atoms with E-state index in [4.69, 9.17) is 9.47 Å². The average Bonchev–Trinajstić information content (AvgIpc) is 2.53. The van der Waals surface area contributed by atoms with Gasteiger partial charge in [-0.15, -0.1) is 0 Å². The minimum absolute atomic E-state index is 0.234. The lowest BCUT2D eigenvalue weighted by molar-refractivity contribution is -0.140. The van der Waals surface area contributed by atoms with Crippen LogP contribution in [0.25, 0.3) is 0 Å². The number of carbonyl (C=O) groups excluding carboxylic acids is 1. The number of likely N-dealkylation sites (N-methyl/N-ethyl adjacent to an activating group) is 1. The Morgan fingerprint density at radius 3 is 2.52 bits per heavy atom. The molecule has 0 radical (unpaired) electrons. The van der Waals surface area contributed by atoms with Crippen LogP contribution in [0.4, 0.5) is 0 Å². The van der Waals surface area contributed by atoms with E-state index in [-0.39, 0.29) is 18.4 Å². The summed E-state index contributed by atoms with van der Waals surface area (Å²) in [6.07, 6.45) is -0.114. The Labute approximate surface area is 125 Å². The molecule has 2 unspecified atom stereocenters. The zero-order valence-electron chi connectivity index (χ0n) is 12.9. The van der Waals surface area contributed by atoms with Crippen LogP contribution in [0.2, 0.25) is 0 Å². The van der Waals surface area contributed by atoms with Crippen molar-refractivity contribution in [3.8, 4) is 11.5 Å². The van der Waals surface area contributed by atoms with Crippen LogP contribution in [0.1, 0.15) is 24.5 Å². The molecule has 0 spiro atoms. The van der Waals surface area contributed by atoms with Crippen LogP contribution in [-0.4, -0.2) is 45.5 Å². The first kappa shape index (κ1) is 17.3. The van der Waals surface area contributed by atoms with E-state index in [1.165, 1.54) is 14.2 Å². The van der Waals surface area contributed by atoms with Gasteiger partial charge in [0.1, 0.15) is 11.5 Å². The highest BCUT2D eigenvalue weighted by Crippen LogP contribution is 2.32. The Morgan fingerprint density at radius 2 is 2.00 bits per heavy atom. The van der Waals surface area contributed by atoms with Gasteiger partial charge in [0.05, 0.1) is 27.4 Å². The number of hydrogen-bond acceptors (Lipinski definition) is 6. The molecular formula is C15H23NO5. The Balaban J connectivity index is 2.88. The summed E-state index contributed by atoms with van der Waals surface area (Å²) in [5.74, 6) is 0.891. The molecule has 6 heteroatoms. The standard InChI is InChI=1S/C15H23NO5/c1-16-12(7-8-14(17)21-4)15(18)11-6-5-10(19-2)9-13(11)20-3/h5-6,9,12,15-16,18H,7-8H2,1-4H3. The van der Waals surface area contributed by atoms with Crippen LogP contribution in [0, 0.1) is 0 Å². The highest BCUT2D eigenvalue weighted by atomic mass is 16.5. The second-order valence-electron chi connectivity index (χ2n) is 4.56. The number of methoxy groups -OCH3 is 3. The summed E-state index contributed by atoms with van der Waals surface area (Å²) >= 11 is 0. The molecule has 2 N–H and O–H groups in total. The van der Waals surface area contributed by atoms with Crippen molar-refractivity contribution in [2.24, 2.45) is 0 Å². The van der Waals surface area contributed by atoms with Gasteiger partial charge in [0.25, 0.3) is 0 Å². The number of rotatable bonds is 8. The van der Waals surface area contributed by atoms with Gasteiger partial charge in [0.15, 0.2) is 0 Å².